The minimum Gasteiger partial charge on any atom is -0.492 e. The molecule has 1 N–H and O–H groups in total. The number of hydrogen-bond donors (Lipinski definition) is 1. The number of halogens is 1. The molecule has 2 aromatic carbocycles. The second kappa shape index (κ2) is 10.5. The summed E-state index contributed by atoms with van der Waals surface area (Å²) in [6.45, 7) is 2.61. The molecule has 4 rings (SSSR count). The molecule has 1 fully saturated rings. The smallest absolute Gasteiger partial charge is 0.223 e. The van der Waals surface area contributed by atoms with Crippen LogP contribution in [0.4, 0.5) is 4.39 Å². The van der Waals surface area contributed by atoms with Crippen molar-refractivity contribution in [3.8, 4) is 17.0 Å². The van der Waals surface area contributed by atoms with Gasteiger partial charge in [-0.2, -0.15) is 0 Å². The molecule has 1 atom stereocenters. The van der Waals surface area contributed by atoms with E-state index in [-0.39, 0.29) is 17.8 Å². The molecule has 1 amide bonds. The quantitative estimate of drug-likeness (QED) is 0.473. The van der Waals surface area contributed by atoms with Gasteiger partial charge in [0.15, 0.2) is 0 Å². The number of aromatic nitrogens is 1. The second-order valence-electron chi connectivity index (χ2n) is 7.55. The number of benzene rings is 2. The van der Waals surface area contributed by atoms with Crippen LogP contribution in [-0.2, 0) is 11.3 Å². The maximum Gasteiger partial charge on any atom is 0.223 e. The molecular weight excluding hydrogens is 413 g/mol. The zero-order valence-electron chi connectivity index (χ0n) is 17.3. The van der Waals surface area contributed by atoms with Gasteiger partial charge in [0.2, 0.25) is 5.91 Å². The lowest BCUT2D eigenvalue weighted by atomic mass is 10.1. The maximum atomic E-state index is 12.9. The molecule has 0 spiro atoms. The standard InChI is InChI=1S/C24H26FN3O2S/c25-19-6-9-21(10-7-19)30-15-14-26-13-12-20-8-11-24(29)28(20)16-23-27-22(17-31-23)18-4-2-1-3-5-18/h1-7,9-10,17,20,26H,8,11-16H2/t20-/m1/s1. The number of hydrogen-bond acceptors (Lipinski definition) is 5. The van der Waals surface area contributed by atoms with Gasteiger partial charge in [-0.15, -0.1) is 11.3 Å². The number of carbonyl (C=O) groups excluding carboxylic acids is 1. The third-order valence-electron chi connectivity index (χ3n) is 5.39. The second-order valence-corrected chi connectivity index (χ2v) is 8.49. The van der Waals surface area contributed by atoms with Gasteiger partial charge in [0, 0.05) is 30.0 Å². The van der Waals surface area contributed by atoms with Gasteiger partial charge in [-0.3, -0.25) is 4.79 Å². The fourth-order valence-electron chi connectivity index (χ4n) is 3.75. The van der Waals surface area contributed by atoms with Crippen molar-refractivity contribution in [3.63, 3.8) is 0 Å². The van der Waals surface area contributed by atoms with E-state index in [1.54, 1.807) is 23.5 Å². The number of nitrogens with zero attached hydrogens (tertiary/aromatic N) is 2. The molecule has 31 heavy (non-hydrogen) atoms. The molecule has 0 saturated carbocycles. The van der Waals surface area contributed by atoms with Gasteiger partial charge in [-0.25, -0.2) is 9.37 Å². The normalized spacial score (nSPS) is 16.1. The van der Waals surface area contributed by atoms with Crippen LogP contribution in [0.1, 0.15) is 24.3 Å². The van der Waals surface area contributed by atoms with Crippen LogP contribution in [0.15, 0.2) is 60.0 Å². The lowest BCUT2D eigenvalue weighted by Crippen LogP contribution is -2.35. The van der Waals surface area contributed by atoms with Gasteiger partial charge < -0.3 is 15.0 Å². The van der Waals surface area contributed by atoms with Crippen molar-refractivity contribution in [1.29, 1.82) is 0 Å². The third-order valence-corrected chi connectivity index (χ3v) is 6.23. The highest BCUT2D eigenvalue weighted by Gasteiger charge is 2.31. The van der Waals surface area contributed by atoms with Crippen molar-refractivity contribution >= 4 is 17.2 Å². The lowest BCUT2D eigenvalue weighted by Gasteiger charge is -2.24. The Kier molecular flexibility index (Phi) is 7.27. The van der Waals surface area contributed by atoms with Crippen LogP contribution in [0.25, 0.3) is 11.3 Å². The molecule has 5 nitrogen and oxygen atoms in total. The number of carbonyl (C=O) groups is 1. The van der Waals surface area contributed by atoms with Crippen LogP contribution < -0.4 is 10.1 Å². The maximum absolute atomic E-state index is 12.9. The average molecular weight is 440 g/mol. The Morgan fingerprint density at radius 1 is 1.13 bits per heavy atom. The molecule has 162 valence electrons. The average Bonchev–Trinajstić information content (AvgIpc) is 3.40. The van der Waals surface area contributed by atoms with E-state index in [9.17, 15) is 9.18 Å². The zero-order chi connectivity index (χ0) is 21.5. The van der Waals surface area contributed by atoms with Gasteiger partial charge in [-0.1, -0.05) is 30.3 Å². The molecule has 1 saturated heterocycles. The fourth-order valence-corrected chi connectivity index (χ4v) is 4.55. The van der Waals surface area contributed by atoms with Crippen molar-refractivity contribution in [2.45, 2.75) is 31.8 Å². The van der Waals surface area contributed by atoms with E-state index in [4.69, 9.17) is 9.72 Å². The highest BCUT2D eigenvalue weighted by molar-refractivity contribution is 7.09. The van der Waals surface area contributed by atoms with Crippen molar-refractivity contribution in [2.75, 3.05) is 19.7 Å². The minimum absolute atomic E-state index is 0.209. The molecule has 0 unspecified atom stereocenters. The van der Waals surface area contributed by atoms with Crippen LogP contribution in [0, 0.1) is 5.82 Å². The van der Waals surface area contributed by atoms with Crippen molar-refractivity contribution in [2.24, 2.45) is 0 Å². The summed E-state index contributed by atoms with van der Waals surface area (Å²) < 4.78 is 18.5. The number of thiazole rings is 1. The zero-order valence-corrected chi connectivity index (χ0v) is 18.1. The van der Waals surface area contributed by atoms with Crippen molar-refractivity contribution < 1.29 is 13.9 Å². The first-order valence-electron chi connectivity index (χ1n) is 10.6. The summed E-state index contributed by atoms with van der Waals surface area (Å²) in [4.78, 5) is 19.1. The Labute approximate surface area is 185 Å². The van der Waals surface area contributed by atoms with Crippen molar-refractivity contribution in [3.05, 3.63) is 70.8 Å². The molecule has 1 aliphatic heterocycles. The Morgan fingerprint density at radius 2 is 1.94 bits per heavy atom. The van der Waals surface area contributed by atoms with Crippen molar-refractivity contribution in [1.82, 2.24) is 15.2 Å². The third kappa shape index (κ3) is 5.89. The fraction of sp³-hybridized carbons (Fsp3) is 0.333. The number of ether oxygens (including phenoxy) is 1. The SMILES string of the molecule is O=C1CC[C@H](CCNCCOc2ccc(F)cc2)N1Cc1nc(-c2ccccc2)cs1. The number of amides is 1. The summed E-state index contributed by atoms with van der Waals surface area (Å²) in [5, 5.41) is 6.40. The van der Waals surface area contributed by atoms with E-state index in [2.05, 4.69) is 10.7 Å². The minimum atomic E-state index is -0.268. The molecule has 1 aromatic heterocycles. The Morgan fingerprint density at radius 3 is 2.74 bits per heavy atom. The predicted molar refractivity (Wildman–Crippen MR) is 121 cm³/mol. The van der Waals surface area contributed by atoms with Gasteiger partial charge in [0.1, 0.15) is 23.2 Å². The van der Waals surface area contributed by atoms with E-state index in [0.29, 0.717) is 31.9 Å². The molecule has 0 radical (unpaired) electrons. The van der Waals surface area contributed by atoms with E-state index < -0.39 is 0 Å². The van der Waals surface area contributed by atoms with Gasteiger partial charge in [-0.05, 0) is 43.7 Å². The van der Waals surface area contributed by atoms with Crippen LogP contribution in [-0.4, -0.2) is 41.5 Å². The summed E-state index contributed by atoms with van der Waals surface area (Å²) in [6.07, 6.45) is 2.40. The number of rotatable bonds is 10. The molecule has 7 heteroatoms. The lowest BCUT2D eigenvalue weighted by molar-refractivity contribution is -0.129. The van der Waals surface area contributed by atoms with E-state index in [1.807, 2.05) is 35.2 Å². The summed E-state index contributed by atoms with van der Waals surface area (Å²) >= 11 is 1.61. The molecule has 3 aromatic rings. The van der Waals surface area contributed by atoms with Gasteiger partial charge >= 0.3 is 0 Å². The monoisotopic (exact) mass is 439 g/mol. The van der Waals surface area contributed by atoms with Crippen LogP contribution in [0.3, 0.4) is 0 Å². The number of likely N-dealkylation sites (tertiary alicyclic amines) is 1. The van der Waals surface area contributed by atoms with Gasteiger partial charge in [0.05, 0.1) is 12.2 Å². The van der Waals surface area contributed by atoms with Crippen LogP contribution in [0.2, 0.25) is 0 Å². The van der Waals surface area contributed by atoms with Gasteiger partial charge in [0.25, 0.3) is 0 Å². The van der Waals surface area contributed by atoms with E-state index in [1.165, 1.54) is 12.1 Å². The number of nitrogens with one attached hydrogen (secondary N) is 1. The highest BCUT2D eigenvalue weighted by atomic mass is 32.1. The first-order chi connectivity index (χ1) is 15.2. The molecule has 0 bridgehead atoms. The first kappa shape index (κ1) is 21.5. The molecule has 0 aliphatic carbocycles. The summed E-state index contributed by atoms with van der Waals surface area (Å²) in [5.74, 6) is 0.602. The Bertz CT molecular complexity index is 978. The van der Waals surface area contributed by atoms with E-state index in [0.717, 1.165) is 35.7 Å². The summed E-state index contributed by atoms with van der Waals surface area (Å²) in [6, 6.07) is 16.4. The van der Waals surface area contributed by atoms with Crippen LogP contribution >= 0.6 is 11.3 Å². The molecular formula is C24H26FN3O2S. The Hall–Kier alpha value is -2.77. The largest absolute Gasteiger partial charge is 0.492 e. The highest BCUT2D eigenvalue weighted by Crippen LogP contribution is 2.27. The molecule has 1 aliphatic rings. The topological polar surface area (TPSA) is 54.5 Å². The first-order valence-corrected chi connectivity index (χ1v) is 11.5. The molecule has 2 heterocycles. The van der Waals surface area contributed by atoms with Crippen LogP contribution in [0.5, 0.6) is 5.75 Å². The Balaban J connectivity index is 1.21. The van der Waals surface area contributed by atoms with E-state index >= 15 is 0 Å². The predicted octanol–water partition coefficient (Wildman–Crippen LogP) is 4.50. The summed E-state index contributed by atoms with van der Waals surface area (Å²) in [7, 11) is 0. The summed E-state index contributed by atoms with van der Waals surface area (Å²) in [5.41, 5.74) is 2.06.